The topological polar surface area (TPSA) is 74.0 Å². The molecule has 0 aliphatic heterocycles. The molecule has 2 N–H and O–H groups in total. The molecule has 0 saturated carbocycles. The minimum Gasteiger partial charge on any atom is -0.439 e. The van der Waals surface area contributed by atoms with Crippen LogP contribution in [0.2, 0.25) is 5.02 Å². The molecule has 138 valence electrons. The molecule has 0 saturated heterocycles. The molecule has 26 heavy (non-hydrogen) atoms. The number of hydrogen-bond donors (Lipinski definition) is 1. The van der Waals surface area contributed by atoms with Gasteiger partial charge in [-0.2, -0.15) is 0 Å². The number of fused-ring (bicyclic) bond motifs is 1. The fourth-order valence-corrected chi connectivity index (χ4v) is 3.44. The normalized spacial score (nSPS) is 18.1. The number of halogens is 1. The zero-order chi connectivity index (χ0) is 18.7. The summed E-state index contributed by atoms with van der Waals surface area (Å²) in [5.41, 5.74) is 2.42. The van der Waals surface area contributed by atoms with Crippen LogP contribution in [-0.4, -0.2) is 26.4 Å². The lowest BCUT2D eigenvalue weighted by Crippen LogP contribution is -2.51. The molecule has 1 aliphatic rings. The lowest BCUT2D eigenvalue weighted by molar-refractivity contribution is -0.272. The van der Waals surface area contributed by atoms with Gasteiger partial charge in [-0.1, -0.05) is 35.9 Å². The highest BCUT2D eigenvalue weighted by molar-refractivity contribution is 6.30. The Balaban J connectivity index is 1.84. The van der Waals surface area contributed by atoms with Gasteiger partial charge in [-0.3, -0.25) is 0 Å². The number of rotatable bonds is 4. The van der Waals surface area contributed by atoms with Gasteiger partial charge < -0.3 is 14.2 Å². The van der Waals surface area contributed by atoms with Crippen molar-refractivity contribution in [3.63, 3.8) is 0 Å². The van der Waals surface area contributed by atoms with Gasteiger partial charge in [0.05, 0.1) is 5.69 Å². The number of carbonyl (C=O) groups excluding carboxylic acids is 1. The monoisotopic (exact) mass is 376 g/mol. The number of nitrogens with zero attached hydrogens (tertiary/aromatic N) is 1. The quantitative estimate of drug-likeness (QED) is 0.382. The van der Waals surface area contributed by atoms with Gasteiger partial charge in [0, 0.05) is 24.8 Å². The maximum Gasteiger partial charge on any atom is 0.429 e. The van der Waals surface area contributed by atoms with E-state index in [0.717, 1.165) is 22.6 Å². The number of hydrogen-bond acceptors (Lipinski definition) is 5. The van der Waals surface area contributed by atoms with Crippen molar-refractivity contribution in [1.82, 2.24) is 0 Å². The van der Waals surface area contributed by atoms with Gasteiger partial charge in [-0.05, 0) is 42.7 Å². The van der Waals surface area contributed by atoms with Crippen molar-refractivity contribution in [3.05, 3.63) is 64.7 Å². The second-order valence-electron chi connectivity index (χ2n) is 5.99. The Morgan fingerprint density at radius 3 is 2.46 bits per heavy atom. The van der Waals surface area contributed by atoms with Crippen molar-refractivity contribution in [1.29, 1.82) is 0 Å². The Hall–Kier alpha value is -2.12. The van der Waals surface area contributed by atoms with E-state index < -0.39 is 18.0 Å². The van der Waals surface area contributed by atoms with Crippen LogP contribution < -0.4 is 10.9 Å². The highest BCUT2D eigenvalue weighted by atomic mass is 35.5. The van der Waals surface area contributed by atoms with Crippen LogP contribution in [0.1, 0.15) is 17.5 Å². The second-order valence-corrected chi connectivity index (χ2v) is 6.43. The van der Waals surface area contributed by atoms with Crippen LogP contribution in [0, 0.1) is 0 Å². The molecule has 0 heterocycles. The van der Waals surface area contributed by atoms with E-state index in [4.69, 9.17) is 31.7 Å². The van der Waals surface area contributed by atoms with Gasteiger partial charge in [0.1, 0.15) is 0 Å². The summed E-state index contributed by atoms with van der Waals surface area (Å²) in [6.45, 7) is 0. The molecule has 1 amide bonds. The SMILES string of the molecule is COC1(OC)c2ccccc2CCC1OC(=O)N(N)c1ccc(Cl)cc1. The number of methoxy groups -OCH3 is 2. The Labute approximate surface area is 157 Å². The number of anilines is 1. The van der Waals surface area contributed by atoms with Gasteiger partial charge in [0.2, 0.25) is 5.79 Å². The fourth-order valence-electron chi connectivity index (χ4n) is 3.32. The van der Waals surface area contributed by atoms with Crippen LogP contribution in [0.4, 0.5) is 10.5 Å². The zero-order valence-corrected chi connectivity index (χ0v) is 15.4. The molecule has 0 radical (unpaired) electrons. The summed E-state index contributed by atoms with van der Waals surface area (Å²) in [6, 6.07) is 14.4. The minimum atomic E-state index is -1.18. The summed E-state index contributed by atoms with van der Waals surface area (Å²) in [5, 5.41) is 1.49. The average molecular weight is 377 g/mol. The van der Waals surface area contributed by atoms with Gasteiger partial charge in [0.25, 0.3) is 0 Å². The van der Waals surface area contributed by atoms with Crippen LogP contribution in [-0.2, 0) is 26.4 Å². The Morgan fingerprint density at radius 1 is 1.15 bits per heavy atom. The molecule has 3 rings (SSSR count). The van der Waals surface area contributed by atoms with E-state index >= 15 is 0 Å². The maximum atomic E-state index is 12.6. The van der Waals surface area contributed by atoms with E-state index in [1.165, 1.54) is 14.2 Å². The van der Waals surface area contributed by atoms with Gasteiger partial charge >= 0.3 is 6.09 Å². The van der Waals surface area contributed by atoms with Crippen molar-refractivity contribution in [2.24, 2.45) is 5.84 Å². The predicted molar refractivity (Wildman–Crippen MR) is 98.8 cm³/mol. The molecule has 6 nitrogen and oxygen atoms in total. The fraction of sp³-hybridized carbons (Fsp3) is 0.316. The van der Waals surface area contributed by atoms with E-state index in [1.807, 2.05) is 24.3 Å². The first kappa shape index (κ1) is 18.7. The average Bonchev–Trinajstić information content (AvgIpc) is 2.68. The summed E-state index contributed by atoms with van der Waals surface area (Å²) in [5.74, 6) is 4.73. The molecule has 1 aliphatic carbocycles. The van der Waals surface area contributed by atoms with Crippen LogP contribution in [0.3, 0.4) is 0 Å². The molecule has 1 atom stereocenters. The summed E-state index contributed by atoms with van der Waals surface area (Å²) < 4.78 is 17.1. The molecule has 7 heteroatoms. The predicted octanol–water partition coefficient (Wildman–Crippen LogP) is 3.62. The summed E-state index contributed by atoms with van der Waals surface area (Å²) in [4.78, 5) is 12.6. The molecule has 1 unspecified atom stereocenters. The van der Waals surface area contributed by atoms with Gasteiger partial charge in [0.15, 0.2) is 6.10 Å². The van der Waals surface area contributed by atoms with Crippen molar-refractivity contribution in [2.75, 3.05) is 19.2 Å². The maximum absolute atomic E-state index is 12.6. The molecule has 0 aromatic heterocycles. The van der Waals surface area contributed by atoms with Crippen molar-refractivity contribution < 1.29 is 19.0 Å². The van der Waals surface area contributed by atoms with Crippen LogP contribution >= 0.6 is 11.6 Å². The second kappa shape index (κ2) is 7.63. The lowest BCUT2D eigenvalue weighted by Gasteiger charge is -2.42. The lowest BCUT2D eigenvalue weighted by atomic mass is 9.84. The van der Waals surface area contributed by atoms with E-state index in [-0.39, 0.29) is 0 Å². The Kier molecular flexibility index (Phi) is 5.48. The molecular formula is C19H21ClN2O4. The van der Waals surface area contributed by atoms with Crippen molar-refractivity contribution >= 4 is 23.4 Å². The molecule has 2 aromatic rings. The van der Waals surface area contributed by atoms with Crippen molar-refractivity contribution in [3.8, 4) is 0 Å². The highest BCUT2D eigenvalue weighted by Gasteiger charge is 2.48. The number of benzene rings is 2. The summed E-state index contributed by atoms with van der Waals surface area (Å²) >= 11 is 5.87. The molecular weight excluding hydrogens is 356 g/mol. The third kappa shape index (κ3) is 3.29. The third-order valence-electron chi connectivity index (χ3n) is 4.64. The largest absolute Gasteiger partial charge is 0.439 e. The molecule has 2 aromatic carbocycles. The zero-order valence-electron chi connectivity index (χ0n) is 14.6. The number of hydrazine groups is 1. The van der Waals surface area contributed by atoms with Crippen LogP contribution in [0.25, 0.3) is 0 Å². The summed E-state index contributed by atoms with van der Waals surface area (Å²) in [7, 11) is 3.07. The third-order valence-corrected chi connectivity index (χ3v) is 4.90. The number of ether oxygens (including phenoxy) is 3. The summed E-state index contributed by atoms with van der Waals surface area (Å²) in [6.07, 6.45) is -0.0408. The van der Waals surface area contributed by atoms with E-state index in [2.05, 4.69) is 0 Å². The number of nitrogens with two attached hydrogens (primary N) is 1. The van der Waals surface area contributed by atoms with Crippen molar-refractivity contribution in [2.45, 2.75) is 24.7 Å². The number of amides is 1. The van der Waals surface area contributed by atoms with E-state index in [1.54, 1.807) is 24.3 Å². The standard InChI is InChI=1S/C19H21ClN2O4/c1-24-19(25-2)16-6-4-3-5-13(16)7-12-17(19)26-18(23)22(21)15-10-8-14(20)9-11-15/h3-6,8-11,17H,7,12,21H2,1-2H3. The Morgan fingerprint density at radius 2 is 1.81 bits per heavy atom. The van der Waals surface area contributed by atoms with Gasteiger partial charge in [-0.15, -0.1) is 0 Å². The smallest absolute Gasteiger partial charge is 0.429 e. The Bertz CT molecular complexity index is 777. The van der Waals surface area contributed by atoms with Crippen LogP contribution in [0.5, 0.6) is 0 Å². The van der Waals surface area contributed by atoms with E-state index in [0.29, 0.717) is 17.1 Å². The molecule has 0 spiro atoms. The van der Waals surface area contributed by atoms with Gasteiger partial charge in [-0.25, -0.2) is 15.6 Å². The number of carbonyl (C=O) groups is 1. The first-order valence-electron chi connectivity index (χ1n) is 8.21. The minimum absolute atomic E-state index is 0.469. The van der Waals surface area contributed by atoms with E-state index in [9.17, 15) is 4.79 Å². The first-order chi connectivity index (χ1) is 12.5. The number of aryl methyl sites for hydroxylation is 1. The molecule has 0 fully saturated rings. The first-order valence-corrected chi connectivity index (χ1v) is 8.59. The molecule has 0 bridgehead atoms. The highest BCUT2D eigenvalue weighted by Crippen LogP contribution is 2.40. The van der Waals surface area contributed by atoms with Crippen LogP contribution in [0.15, 0.2) is 48.5 Å².